The fraction of sp³-hybridized carbons (Fsp3) is 0.810. The van der Waals surface area contributed by atoms with Gasteiger partial charge < -0.3 is 31.5 Å². The zero-order chi connectivity index (χ0) is 23.9. The molecule has 0 spiro atoms. The number of likely N-dealkylation sites (tertiary alicyclic amines) is 1. The van der Waals surface area contributed by atoms with E-state index in [0.29, 0.717) is 32.2 Å². The number of rotatable bonds is 11. The molecule has 1 rings (SSSR count). The lowest BCUT2D eigenvalue weighted by molar-refractivity contribution is -0.145. The van der Waals surface area contributed by atoms with Crippen molar-refractivity contribution in [1.29, 1.82) is 0 Å². The zero-order valence-corrected chi connectivity index (χ0v) is 19.1. The number of nitrogens with one attached hydrogen (secondary N) is 2. The van der Waals surface area contributed by atoms with Crippen molar-refractivity contribution in [3.63, 3.8) is 0 Å². The number of carbonyl (C=O) groups is 4. The van der Waals surface area contributed by atoms with Crippen LogP contribution in [0.1, 0.15) is 60.3 Å². The lowest BCUT2D eigenvalue weighted by Crippen LogP contribution is -2.59. The first-order valence-electron chi connectivity index (χ1n) is 11.0. The predicted octanol–water partition coefficient (Wildman–Crippen LogP) is -0.168. The molecule has 0 aliphatic carbocycles. The van der Waals surface area contributed by atoms with Gasteiger partial charge in [-0.3, -0.25) is 14.4 Å². The molecule has 7 atom stereocenters. The summed E-state index contributed by atoms with van der Waals surface area (Å²) in [6.45, 7) is 8.99. The molecular formula is C21H38N4O6. The maximum absolute atomic E-state index is 13.0. The fourth-order valence-electron chi connectivity index (χ4n) is 3.58. The van der Waals surface area contributed by atoms with Gasteiger partial charge >= 0.3 is 5.97 Å². The zero-order valence-electron chi connectivity index (χ0n) is 19.1. The van der Waals surface area contributed by atoms with E-state index in [9.17, 15) is 29.4 Å². The molecule has 1 fully saturated rings. The first-order chi connectivity index (χ1) is 14.5. The van der Waals surface area contributed by atoms with Crippen LogP contribution in [0.4, 0.5) is 0 Å². The molecule has 1 saturated heterocycles. The summed E-state index contributed by atoms with van der Waals surface area (Å²) in [5.74, 6) is -3.22. The maximum Gasteiger partial charge on any atom is 0.326 e. The Balaban J connectivity index is 2.98. The lowest BCUT2D eigenvalue weighted by atomic mass is 9.95. The van der Waals surface area contributed by atoms with E-state index >= 15 is 0 Å². The van der Waals surface area contributed by atoms with E-state index in [1.54, 1.807) is 13.8 Å². The maximum atomic E-state index is 13.0. The number of carbonyl (C=O) groups excluding carboxylic acids is 3. The van der Waals surface area contributed by atoms with Crippen LogP contribution in [0.25, 0.3) is 0 Å². The second-order valence-electron chi connectivity index (χ2n) is 8.54. The molecule has 3 amide bonds. The first-order valence-corrected chi connectivity index (χ1v) is 11.0. The summed E-state index contributed by atoms with van der Waals surface area (Å²) in [7, 11) is 0. The van der Waals surface area contributed by atoms with Gasteiger partial charge in [-0.1, -0.05) is 40.5 Å². The number of aliphatic hydroxyl groups excluding tert-OH is 1. The summed E-state index contributed by atoms with van der Waals surface area (Å²) < 4.78 is 0. The summed E-state index contributed by atoms with van der Waals surface area (Å²) in [6, 6.07) is -3.92. The molecule has 1 aliphatic heterocycles. The highest BCUT2D eigenvalue weighted by atomic mass is 16.4. The van der Waals surface area contributed by atoms with Crippen molar-refractivity contribution in [2.24, 2.45) is 17.6 Å². The Morgan fingerprint density at radius 3 is 2.06 bits per heavy atom. The summed E-state index contributed by atoms with van der Waals surface area (Å²) >= 11 is 0. The van der Waals surface area contributed by atoms with Crippen molar-refractivity contribution in [2.75, 3.05) is 6.54 Å². The summed E-state index contributed by atoms with van der Waals surface area (Å²) in [5.41, 5.74) is 5.75. The van der Waals surface area contributed by atoms with Crippen LogP contribution >= 0.6 is 0 Å². The highest BCUT2D eigenvalue weighted by Crippen LogP contribution is 2.20. The number of nitrogens with zero attached hydrogens (tertiary/aromatic N) is 1. The van der Waals surface area contributed by atoms with Gasteiger partial charge in [0.2, 0.25) is 17.7 Å². The van der Waals surface area contributed by atoms with Gasteiger partial charge in [0.15, 0.2) is 0 Å². The fourth-order valence-corrected chi connectivity index (χ4v) is 3.58. The molecule has 1 aliphatic rings. The molecule has 0 saturated carbocycles. The lowest BCUT2D eigenvalue weighted by Gasteiger charge is -2.31. The molecule has 1 heterocycles. The van der Waals surface area contributed by atoms with Crippen LogP contribution in [0.3, 0.4) is 0 Å². The van der Waals surface area contributed by atoms with Gasteiger partial charge in [0.25, 0.3) is 0 Å². The van der Waals surface area contributed by atoms with Crippen LogP contribution < -0.4 is 16.4 Å². The SMILES string of the molecule is CCC(C)C(NC(=O)C(NC(=O)C1CCCN1C(=O)C(N)C(C)O)C(C)CC)C(=O)O. The number of carboxylic acids is 1. The second-order valence-corrected chi connectivity index (χ2v) is 8.54. The highest BCUT2D eigenvalue weighted by molar-refractivity contribution is 5.94. The van der Waals surface area contributed by atoms with Crippen molar-refractivity contribution < 1.29 is 29.4 Å². The van der Waals surface area contributed by atoms with Crippen molar-refractivity contribution in [2.45, 2.75) is 90.6 Å². The summed E-state index contributed by atoms with van der Waals surface area (Å²) in [6.07, 6.45) is 1.12. The van der Waals surface area contributed by atoms with Crippen molar-refractivity contribution in [3.05, 3.63) is 0 Å². The largest absolute Gasteiger partial charge is 0.480 e. The average molecular weight is 443 g/mol. The Kier molecular flexibility index (Phi) is 10.4. The quantitative estimate of drug-likeness (QED) is 0.297. The van der Waals surface area contributed by atoms with E-state index in [-0.39, 0.29) is 11.8 Å². The van der Waals surface area contributed by atoms with Crippen LogP contribution in [0.2, 0.25) is 0 Å². The Morgan fingerprint density at radius 1 is 1.03 bits per heavy atom. The smallest absolute Gasteiger partial charge is 0.326 e. The minimum Gasteiger partial charge on any atom is -0.480 e. The highest BCUT2D eigenvalue weighted by Gasteiger charge is 2.39. The van der Waals surface area contributed by atoms with Gasteiger partial charge in [-0.05, 0) is 31.6 Å². The van der Waals surface area contributed by atoms with Gasteiger partial charge in [-0.2, -0.15) is 0 Å². The van der Waals surface area contributed by atoms with Crippen LogP contribution in [-0.4, -0.2) is 75.6 Å². The van der Waals surface area contributed by atoms with E-state index in [4.69, 9.17) is 5.73 Å². The number of aliphatic hydroxyl groups is 1. The topological polar surface area (TPSA) is 162 Å². The van der Waals surface area contributed by atoms with Crippen molar-refractivity contribution in [3.8, 4) is 0 Å². The van der Waals surface area contributed by atoms with Crippen LogP contribution in [0.5, 0.6) is 0 Å². The molecule has 31 heavy (non-hydrogen) atoms. The third-order valence-corrected chi connectivity index (χ3v) is 6.21. The molecular weight excluding hydrogens is 404 g/mol. The van der Waals surface area contributed by atoms with E-state index in [1.165, 1.54) is 11.8 Å². The van der Waals surface area contributed by atoms with Gasteiger partial charge in [0, 0.05) is 6.54 Å². The number of nitrogens with two attached hydrogens (primary N) is 1. The molecule has 178 valence electrons. The second kappa shape index (κ2) is 12.0. The molecule has 6 N–H and O–H groups in total. The van der Waals surface area contributed by atoms with Gasteiger partial charge in [-0.15, -0.1) is 0 Å². The number of hydrogen-bond donors (Lipinski definition) is 5. The standard InChI is InChI=1S/C21H38N4O6/c1-6-11(3)16(19(28)24-17(21(30)31)12(4)7-2)23-18(27)14-9-8-10-25(14)20(29)15(22)13(5)26/h11-17,26H,6-10,22H2,1-5H3,(H,23,27)(H,24,28)(H,30,31). The monoisotopic (exact) mass is 442 g/mol. The van der Waals surface area contributed by atoms with Crippen LogP contribution in [0.15, 0.2) is 0 Å². The molecule has 0 aromatic rings. The van der Waals surface area contributed by atoms with E-state index in [2.05, 4.69) is 10.6 Å². The number of hydrogen-bond acceptors (Lipinski definition) is 6. The number of aliphatic carboxylic acids is 1. The third-order valence-electron chi connectivity index (χ3n) is 6.21. The molecule has 0 aromatic carbocycles. The Morgan fingerprint density at radius 2 is 1.58 bits per heavy atom. The molecule has 0 aromatic heterocycles. The predicted molar refractivity (Wildman–Crippen MR) is 115 cm³/mol. The third kappa shape index (κ3) is 6.90. The Labute approximate surface area is 183 Å². The van der Waals surface area contributed by atoms with E-state index in [0.717, 1.165) is 0 Å². The van der Waals surface area contributed by atoms with E-state index < -0.39 is 54.0 Å². The summed E-state index contributed by atoms with van der Waals surface area (Å²) in [4.78, 5) is 51.4. The molecule has 0 radical (unpaired) electrons. The molecule has 7 unspecified atom stereocenters. The van der Waals surface area contributed by atoms with Gasteiger partial charge in [0.1, 0.15) is 24.2 Å². The molecule has 10 heteroatoms. The van der Waals surface area contributed by atoms with Crippen LogP contribution in [0, 0.1) is 11.8 Å². The number of carboxylic acid groups (broad SMARTS) is 1. The van der Waals surface area contributed by atoms with Gasteiger partial charge in [-0.25, -0.2) is 4.79 Å². The number of amides is 3. The molecule has 10 nitrogen and oxygen atoms in total. The minimum absolute atomic E-state index is 0.249. The van der Waals surface area contributed by atoms with Crippen molar-refractivity contribution >= 4 is 23.7 Å². The Bertz CT molecular complexity index is 656. The first kappa shape index (κ1) is 26.8. The average Bonchev–Trinajstić information content (AvgIpc) is 3.22. The summed E-state index contributed by atoms with van der Waals surface area (Å²) in [5, 5.41) is 24.4. The van der Waals surface area contributed by atoms with E-state index in [1.807, 2.05) is 13.8 Å². The van der Waals surface area contributed by atoms with Crippen molar-refractivity contribution in [1.82, 2.24) is 15.5 Å². The normalized spacial score (nSPS) is 22.0. The van der Waals surface area contributed by atoms with Gasteiger partial charge in [0.05, 0.1) is 6.10 Å². The van der Waals surface area contributed by atoms with Crippen LogP contribution in [-0.2, 0) is 19.2 Å². The molecule has 0 bridgehead atoms. The Hall–Kier alpha value is -2.20. The minimum atomic E-state index is -1.13.